The van der Waals surface area contributed by atoms with Gasteiger partial charge in [-0.2, -0.15) is 0 Å². The van der Waals surface area contributed by atoms with Gasteiger partial charge in [-0.1, -0.05) is 137 Å². The second-order valence-electron chi connectivity index (χ2n) is 17.7. The molecule has 4 aliphatic rings. The Kier molecular flexibility index (Phi) is 7.50. The lowest BCUT2D eigenvalue weighted by atomic mass is 9.57. The molecule has 1 radical (unpaired) electrons. The van der Waals surface area contributed by atoms with Crippen molar-refractivity contribution < 1.29 is 0 Å². The Hall–Kier alpha value is -4.32. The molecule has 1 N–H and O–H groups in total. The fourth-order valence-electron chi connectivity index (χ4n) is 9.57. The zero-order chi connectivity index (χ0) is 37.3. The fraction of sp³-hybridized carbons (Fsp3) is 0.265. The van der Waals surface area contributed by atoms with E-state index < -0.39 is 0 Å². The van der Waals surface area contributed by atoms with Gasteiger partial charge < -0.3 is 10.2 Å². The van der Waals surface area contributed by atoms with Crippen LogP contribution in [0.25, 0.3) is 11.1 Å². The van der Waals surface area contributed by atoms with Gasteiger partial charge in [-0.25, -0.2) is 0 Å². The van der Waals surface area contributed by atoms with Crippen LogP contribution < -0.4 is 21.1 Å². The molecule has 10 rings (SSSR count). The third-order valence-electron chi connectivity index (χ3n) is 12.8. The summed E-state index contributed by atoms with van der Waals surface area (Å²) in [5, 5.41) is 3.93. The van der Waals surface area contributed by atoms with Crippen LogP contribution in [-0.2, 0) is 16.2 Å². The first-order valence-electron chi connectivity index (χ1n) is 19.4. The summed E-state index contributed by atoms with van der Waals surface area (Å²) in [7, 11) is 2.48. The van der Waals surface area contributed by atoms with Gasteiger partial charge in [-0.3, -0.25) is 0 Å². The SMILES string of the molecule is Cc1cc(-c2cccc3c2Nc2ccccc2C3(C)C)c2c(c1)N(c1cc3c(cc1C)C(C)(C)CCC3(C)C)c1cc3c(cc1[B]2)Sc1ccccc1S3. The van der Waals surface area contributed by atoms with Gasteiger partial charge in [0.2, 0.25) is 0 Å². The molecule has 5 heteroatoms. The summed E-state index contributed by atoms with van der Waals surface area (Å²) >= 11 is 3.80. The van der Waals surface area contributed by atoms with Crippen molar-refractivity contribution in [1.82, 2.24) is 0 Å². The van der Waals surface area contributed by atoms with E-state index in [0.717, 1.165) is 0 Å². The number of fused-ring (bicyclic) bond motifs is 7. The monoisotopic (exact) mass is 737 g/mol. The average Bonchev–Trinajstić information content (AvgIpc) is 3.14. The van der Waals surface area contributed by atoms with Gasteiger partial charge >= 0.3 is 0 Å². The van der Waals surface area contributed by atoms with Crippen molar-refractivity contribution in [2.45, 2.75) is 104 Å². The first kappa shape index (κ1) is 34.2. The summed E-state index contributed by atoms with van der Waals surface area (Å²) in [6, 6.07) is 39.4. The van der Waals surface area contributed by atoms with Crippen molar-refractivity contribution in [1.29, 1.82) is 0 Å². The summed E-state index contributed by atoms with van der Waals surface area (Å²) in [6.07, 6.45) is 2.39. The summed E-state index contributed by atoms with van der Waals surface area (Å²) in [5.74, 6) is 0. The topological polar surface area (TPSA) is 15.3 Å². The van der Waals surface area contributed by atoms with Crippen molar-refractivity contribution in [2.75, 3.05) is 10.2 Å². The molecule has 0 fully saturated rings. The molecule has 0 saturated heterocycles. The van der Waals surface area contributed by atoms with Crippen LogP contribution in [0.2, 0.25) is 0 Å². The highest BCUT2D eigenvalue weighted by molar-refractivity contribution is 8.05. The molecule has 3 heterocycles. The third kappa shape index (κ3) is 5.10. The lowest BCUT2D eigenvalue weighted by Crippen LogP contribution is -2.42. The van der Waals surface area contributed by atoms with Crippen molar-refractivity contribution in [3.63, 3.8) is 0 Å². The summed E-state index contributed by atoms with van der Waals surface area (Å²) in [5.41, 5.74) is 19.6. The van der Waals surface area contributed by atoms with Crippen LogP contribution in [0.15, 0.2) is 123 Å². The zero-order valence-electron chi connectivity index (χ0n) is 32.6. The van der Waals surface area contributed by atoms with E-state index in [1.165, 1.54) is 116 Å². The number of nitrogens with zero attached hydrogens (tertiary/aromatic N) is 1. The van der Waals surface area contributed by atoms with Gasteiger partial charge in [-0.05, 0) is 118 Å². The maximum atomic E-state index is 3.93. The molecule has 2 nitrogen and oxygen atoms in total. The average molecular weight is 738 g/mol. The lowest BCUT2D eigenvalue weighted by Gasteiger charge is -2.44. The standard InChI is InChI=1S/C49H46BN2S2/c1-28-22-31(30-14-13-16-33-46(30)51-37-17-10-9-15-32(37)49(33,7)8)45-40(23-28)52(38-25-35-34(24-29(38)2)47(3,4)20-21-48(35,5)6)39-27-44-43(26-36(39)50-45)53-41-18-11-12-19-42(41)54-44/h9-19,22-27,51H,20-21H2,1-8H3. The van der Waals surface area contributed by atoms with E-state index in [-0.39, 0.29) is 16.2 Å². The maximum Gasteiger partial charge on any atom is 0.197 e. The number of anilines is 5. The van der Waals surface area contributed by atoms with Gasteiger partial charge in [-0.15, -0.1) is 0 Å². The number of aryl methyl sites for hydroxylation is 2. The molecular formula is C49H46BN2S2. The number of rotatable bonds is 2. The Morgan fingerprint density at radius 3 is 1.96 bits per heavy atom. The van der Waals surface area contributed by atoms with Crippen LogP contribution in [-0.4, -0.2) is 7.28 Å². The number of nitrogens with one attached hydrogen (secondary N) is 1. The predicted octanol–water partition coefficient (Wildman–Crippen LogP) is 12.8. The molecule has 0 atom stereocenters. The zero-order valence-corrected chi connectivity index (χ0v) is 34.2. The molecule has 6 aromatic rings. The molecule has 0 amide bonds. The lowest BCUT2D eigenvalue weighted by molar-refractivity contribution is 0.332. The van der Waals surface area contributed by atoms with E-state index in [2.05, 4.69) is 176 Å². The van der Waals surface area contributed by atoms with E-state index in [0.29, 0.717) is 0 Å². The maximum absolute atomic E-state index is 3.93. The van der Waals surface area contributed by atoms with Crippen LogP contribution in [0, 0.1) is 13.8 Å². The largest absolute Gasteiger partial charge is 0.355 e. The van der Waals surface area contributed by atoms with E-state index in [1.807, 2.05) is 23.5 Å². The first-order chi connectivity index (χ1) is 25.8. The van der Waals surface area contributed by atoms with E-state index in [1.54, 1.807) is 0 Å². The highest BCUT2D eigenvalue weighted by Gasteiger charge is 2.40. The Morgan fingerprint density at radius 1 is 0.574 bits per heavy atom. The Bertz CT molecular complexity index is 2580. The summed E-state index contributed by atoms with van der Waals surface area (Å²) < 4.78 is 0. The van der Waals surface area contributed by atoms with Gasteiger partial charge in [0.25, 0.3) is 0 Å². The Morgan fingerprint density at radius 2 is 1.22 bits per heavy atom. The van der Waals surface area contributed by atoms with Crippen molar-refractivity contribution >= 4 is 70.2 Å². The second-order valence-corrected chi connectivity index (χ2v) is 19.9. The van der Waals surface area contributed by atoms with Crippen molar-refractivity contribution in [2.24, 2.45) is 0 Å². The van der Waals surface area contributed by atoms with Crippen LogP contribution in [0.3, 0.4) is 0 Å². The summed E-state index contributed by atoms with van der Waals surface area (Å²) in [4.78, 5) is 7.93. The van der Waals surface area contributed by atoms with Crippen molar-refractivity contribution in [3.05, 3.63) is 137 Å². The Balaban J connectivity index is 1.22. The van der Waals surface area contributed by atoms with E-state index >= 15 is 0 Å². The number of benzene rings is 6. The number of para-hydroxylation sites is 2. The predicted molar refractivity (Wildman–Crippen MR) is 233 cm³/mol. The third-order valence-corrected chi connectivity index (χ3v) is 15.3. The highest BCUT2D eigenvalue weighted by atomic mass is 32.2. The van der Waals surface area contributed by atoms with E-state index in [9.17, 15) is 0 Å². The van der Waals surface area contributed by atoms with Crippen molar-refractivity contribution in [3.8, 4) is 11.1 Å². The van der Waals surface area contributed by atoms with Crippen LogP contribution in [0.1, 0.15) is 87.8 Å². The van der Waals surface area contributed by atoms with E-state index in [4.69, 9.17) is 0 Å². The molecule has 54 heavy (non-hydrogen) atoms. The molecular weight excluding hydrogens is 691 g/mol. The molecule has 6 aromatic carbocycles. The second kappa shape index (κ2) is 11.8. The smallest absolute Gasteiger partial charge is 0.197 e. The number of hydrogen-bond donors (Lipinski definition) is 1. The van der Waals surface area contributed by atoms with Gasteiger partial charge in [0.05, 0.1) is 5.69 Å². The number of hydrogen-bond acceptors (Lipinski definition) is 4. The van der Waals surface area contributed by atoms with Crippen LogP contribution in [0.5, 0.6) is 0 Å². The minimum atomic E-state index is -0.134. The quantitative estimate of drug-likeness (QED) is 0.178. The van der Waals surface area contributed by atoms with Gasteiger partial charge in [0.15, 0.2) is 7.28 Å². The molecule has 0 saturated carbocycles. The van der Waals surface area contributed by atoms with Gasteiger partial charge in [0, 0.05) is 53.3 Å². The molecule has 0 bridgehead atoms. The minimum Gasteiger partial charge on any atom is -0.355 e. The minimum absolute atomic E-state index is 0.0998. The molecule has 0 aromatic heterocycles. The molecule has 1 aliphatic carbocycles. The molecule has 0 unspecified atom stereocenters. The fourth-order valence-corrected chi connectivity index (χ4v) is 11.9. The highest BCUT2D eigenvalue weighted by Crippen LogP contribution is 2.54. The Labute approximate surface area is 330 Å². The molecule has 0 spiro atoms. The molecule has 267 valence electrons. The normalized spacial score (nSPS) is 17.7. The van der Waals surface area contributed by atoms with Gasteiger partial charge in [0.1, 0.15) is 0 Å². The van der Waals surface area contributed by atoms with Crippen LogP contribution >= 0.6 is 23.5 Å². The van der Waals surface area contributed by atoms with Crippen LogP contribution in [0.4, 0.5) is 28.4 Å². The first-order valence-corrected chi connectivity index (χ1v) is 21.0. The molecule has 3 aliphatic heterocycles. The summed E-state index contributed by atoms with van der Waals surface area (Å²) in [6.45, 7) is 19.1.